The molecular weight excluding hydrogens is 405 g/mol. The maximum atomic E-state index is 14.9. The third-order valence-electron chi connectivity index (χ3n) is 6.64. The zero-order valence-electron chi connectivity index (χ0n) is 19.3. The summed E-state index contributed by atoms with van der Waals surface area (Å²) in [5.41, 5.74) is -1.56. The highest BCUT2D eigenvalue weighted by atomic mass is 19.1. The Bertz CT molecular complexity index is 862. The van der Waals surface area contributed by atoms with Crippen LogP contribution in [0.3, 0.4) is 0 Å². The summed E-state index contributed by atoms with van der Waals surface area (Å²) in [6, 6.07) is 2.58. The lowest BCUT2D eigenvalue weighted by atomic mass is 9.72. The Morgan fingerprint density at radius 1 is 1.00 bits per heavy atom. The number of hydrogen-bond acceptors (Lipinski definition) is 5. The van der Waals surface area contributed by atoms with E-state index in [0.29, 0.717) is 31.6 Å². The van der Waals surface area contributed by atoms with E-state index in [2.05, 4.69) is 0 Å². The van der Waals surface area contributed by atoms with Gasteiger partial charge in [-0.1, -0.05) is 0 Å². The van der Waals surface area contributed by atoms with Crippen molar-refractivity contribution in [2.45, 2.75) is 65.3 Å². The second kappa shape index (κ2) is 6.81. The number of ether oxygens (including phenoxy) is 1. The number of hydrogen-bond donors (Lipinski definition) is 0. The molecule has 3 saturated heterocycles. The molecule has 0 unspecified atom stereocenters. The zero-order chi connectivity index (χ0) is 23.0. The molecule has 0 atom stereocenters. The molecule has 0 bridgehead atoms. The van der Waals surface area contributed by atoms with Crippen LogP contribution in [0.1, 0.15) is 48.5 Å². The minimum atomic E-state index is -0.820. The summed E-state index contributed by atoms with van der Waals surface area (Å²) < 4.78 is 47.0. The number of likely N-dealkylation sites (tertiary alicyclic amines) is 1. The van der Waals surface area contributed by atoms with Gasteiger partial charge in [-0.3, -0.25) is 0 Å². The molecule has 31 heavy (non-hydrogen) atoms. The molecule has 3 fully saturated rings. The van der Waals surface area contributed by atoms with Crippen molar-refractivity contribution in [1.29, 1.82) is 0 Å². The number of nitrogens with zero attached hydrogens (tertiary/aromatic N) is 2. The van der Waals surface area contributed by atoms with Gasteiger partial charge in [-0.15, -0.1) is 0 Å². The molecule has 0 N–H and O–H groups in total. The maximum Gasteiger partial charge on any atom is 0.495 e. The van der Waals surface area contributed by atoms with E-state index in [0.717, 1.165) is 0 Å². The SMILES string of the molecule is CC(C)(C)OC(=O)N1CC2(C1)CN(c1c(F)cc(B3OC(C)(C)C(C)(C)O3)cc1F)C2. The molecule has 3 aliphatic rings. The topological polar surface area (TPSA) is 51.2 Å². The predicted octanol–water partition coefficient (Wildman–Crippen LogP) is 3.32. The van der Waals surface area contributed by atoms with Gasteiger partial charge in [-0.25, -0.2) is 13.6 Å². The predicted molar refractivity (Wildman–Crippen MR) is 115 cm³/mol. The number of anilines is 1. The van der Waals surface area contributed by atoms with Crippen molar-refractivity contribution < 1.29 is 27.6 Å². The van der Waals surface area contributed by atoms with Crippen LogP contribution in [0, 0.1) is 17.0 Å². The van der Waals surface area contributed by atoms with E-state index in [1.54, 1.807) is 9.80 Å². The van der Waals surface area contributed by atoms with Crippen molar-refractivity contribution in [3.63, 3.8) is 0 Å². The largest absolute Gasteiger partial charge is 0.495 e. The molecule has 6 nitrogen and oxygen atoms in total. The standard InChI is InChI=1S/C22H31BF2N2O4/c1-19(2,3)29-18(28)27-12-22(13-27)10-26(11-22)17-15(24)8-14(9-16(17)25)23-30-20(4,5)21(6,7)31-23/h8-9H,10-13H2,1-7H3. The highest BCUT2D eigenvalue weighted by Crippen LogP contribution is 2.44. The van der Waals surface area contributed by atoms with Crippen LogP contribution in [-0.4, -0.2) is 61.1 Å². The fourth-order valence-corrected chi connectivity index (χ4v) is 4.34. The molecule has 3 aliphatic heterocycles. The third-order valence-corrected chi connectivity index (χ3v) is 6.64. The Labute approximate surface area is 182 Å². The van der Waals surface area contributed by atoms with E-state index in [4.69, 9.17) is 14.0 Å². The molecule has 4 rings (SSSR count). The summed E-state index contributed by atoms with van der Waals surface area (Å²) in [4.78, 5) is 15.5. The molecule has 1 spiro atoms. The number of amides is 1. The lowest BCUT2D eigenvalue weighted by molar-refractivity contribution is -0.0456. The highest BCUT2D eigenvalue weighted by molar-refractivity contribution is 6.62. The normalized spacial score (nSPS) is 23.6. The van der Waals surface area contributed by atoms with Gasteiger partial charge < -0.3 is 23.8 Å². The smallest absolute Gasteiger partial charge is 0.444 e. The summed E-state index contributed by atoms with van der Waals surface area (Å²) in [6.07, 6.45) is -0.347. The van der Waals surface area contributed by atoms with Crippen molar-refractivity contribution in [2.75, 3.05) is 31.1 Å². The molecule has 1 aromatic rings. The average Bonchev–Trinajstić information content (AvgIpc) is 2.72. The Kier molecular flexibility index (Phi) is 4.91. The first kappa shape index (κ1) is 22.3. The minimum absolute atomic E-state index is 0.0402. The number of rotatable bonds is 2. The van der Waals surface area contributed by atoms with Crippen molar-refractivity contribution in [3.05, 3.63) is 23.8 Å². The second-order valence-corrected chi connectivity index (χ2v) is 11.1. The summed E-state index contributed by atoms with van der Waals surface area (Å²) in [6.45, 7) is 15.1. The van der Waals surface area contributed by atoms with Gasteiger partial charge in [0.2, 0.25) is 0 Å². The van der Waals surface area contributed by atoms with Crippen molar-refractivity contribution in [1.82, 2.24) is 4.90 Å². The van der Waals surface area contributed by atoms with E-state index < -0.39 is 35.6 Å². The summed E-state index contributed by atoms with van der Waals surface area (Å²) in [5, 5.41) is 0. The van der Waals surface area contributed by atoms with Crippen LogP contribution < -0.4 is 10.4 Å². The van der Waals surface area contributed by atoms with E-state index >= 15 is 0 Å². The van der Waals surface area contributed by atoms with Gasteiger partial charge in [-0.05, 0) is 66.1 Å². The zero-order valence-corrected chi connectivity index (χ0v) is 19.3. The lowest BCUT2D eigenvalue weighted by Gasteiger charge is -2.60. The molecule has 0 aromatic heterocycles. The summed E-state index contributed by atoms with van der Waals surface area (Å²) in [7, 11) is -0.820. The van der Waals surface area contributed by atoms with Crippen LogP contribution in [0.15, 0.2) is 12.1 Å². The van der Waals surface area contributed by atoms with E-state index in [1.165, 1.54) is 12.1 Å². The number of carbonyl (C=O) groups is 1. The molecule has 1 aromatic carbocycles. The Hall–Kier alpha value is -1.87. The summed E-state index contributed by atoms with van der Waals surface area (Å²) >= 11 is 0. The fraction of sp³-hybridized carbons (Fsp3) is 0.682. The van der Waals surface area contributed by atoms with Gasteiger partial charge in [-0.2, -0.15) is 0 Å². The molecule has 0 saturated carbocycles. The van der Waals surface area contributed by atoms with E-state index in [9.17, 15) is 13.6 Å². The molecule has 0 aliphatic carbocycles. The van der Waals surface area contributed by atoms with Crippen LogP contribution in [0.4, 0.5) is 19.3 Å². The molecule has 9 heteroatoms. The van der Waals surface area contributed by atoms with Gasteiger partial charge in [0.1, 0.15) is 22.9 Å². The van der Waals surface area contributed by atoms with Crippen molar-refractivity contribution in [2.24, 2.45) is 5.41 Å². The van der Waals surface area contributed by atoms with Gasteiger partial charge in [0.25, 0.3) is 0 Å². The fourth-order valence-electron chi connectivity index (χ4n) is 4.34. The number of benzene rings is 1. The molecule has 170 valence electrons. The second-order valence-electron chi connectivity index (χ2n) is 11.1. The van der Waals surface area contributed by atoms with Crippen LogP contribution in [0.25, 0.3) is 0 Å². The van der Waals surface area contributed by atoms with Crippen molar-refractivity contribution >= 4 is 24.4 Å². The number of halogens is 2. The quantitative estimate of drug-likeness (QED) is 0.666. The Morgan fingerprint density at radius 2 is 1.48 bits per heavy atom. The van der Waals surface area contributed by atoms with Gasteiger partial charge in [0, 0.05) is 31.6 Å². The van der Waals surface area contributed by atoms with E-state index in [-0.39, 0.29) is 17.2 Å². The van der Waals surface area contributed by atoms with Gasteiger partial charge in [0.05, 0.1) is 11.2 Å². The first-order chi connectivity index (χ1) is 14.1. The monoisotopic (exact) mass is 436 g/mol. The molecule has 3 heterocycles. The Morgan fingerprint density at radius 3 is 1.94 bits per heavy atom. The maximum absolute atomic E-state index is 14.9. The van der Waals surface area contributed by atoms with Crippen LogP contribution >= 0.6 is 0 Å². The van der Waals surface area contributed by atoms with E-state index in [1.807, 2.05) is 48.5 Å². The Balaban J connectivity index is 1.40. The van der Waals surface area contributed by atoms with Crippen LogP contribution in [0.5, 0.6) is 0 Å². The van der Waals surface area contributed by atoms with Gasteiger partial charge >= 0.3 is 13.2 Å². The molecule has 1 amide bonds. The highest BCUT2D eigenvalue weighted by Gasteiger charge is 2.55. The van der Waals surface area contributed by atoms with Crippen LogP contribution in [-0.2, 0) is 14.0 Å². The third kappa shape index (κ3) is 3.91. The van der Waals surface area contributed by atoms with Crippen molar-refractivity contribution in [3.8, 4) is 0 Å². The minimum Gasteiger partial charge on any atom is -0.444 e. The lowest BCUT2D eigenvalue weighted by Crippen LogP contribution is -2.73. The van der Waals surface area contributed by atoms with Gasteiger partial charge in [0.15, 0.2) is 0 Å². The first-order valence-electron chi connectivity index (χ1n) is 10.7. The summed E-state index contributed by atoms with van der Waals surface area (Å²) in [5.74, 6) is -1.27. The molecular formula is C22H31BF2N2O4. The average molecular weight is 436 g/mol. The molecule has 0 radical (unpaired) electrons. The number of carbonyl (C=O) groups excluding carboxylic acids is 1. The van der Waals surface area contributed by atoms with Crippen LogP contribution in [0.2, 0.25) is 0 Å². The first-order valence-corrected chi connectivity index (χ1v) is 10.7.